The zero-order valence-corrected chi connectivity index (χ0v) is 16.8. The predicted molar refractivity (Wildman–Crippen MR) is 107 cm³/mol. The van der Waals surface area contributed by atoms with Crippen LogP contribution in [0.3, 0.4) is 0 Å². The number of benzene rings is 1. The Hall–Kier alpha value is -2.12. The van der Waals surface area contributed by atoms with Crippen molar-refractivity contribution >= 4 is 18.3 Å². The van der Waals surface area contributed by atoms with Crippen LogP contribution in [0.25, 0.3) is 11.1 Å². The molecular weight excluding hydrogens is 403 g/mol. The summed E-state index contributed by atoms with van der Waals surface area (Å²) in [4.78, 5) is 18.9. The summed E-state index contributed by atoms with van der Waals surface area (Å²) in [7, 11) is 1.84. The zero-order chi connectivity index (χ0) is 19.9. The lowest BCUT2D eigenvalue weighted by Gasteiger charge is -2.38. The van der Waals surface area contributed by atoms with Gasteiger partial charge in [0.2, 0.25) is 5.91 Å². The Morgan fingerprint density at radius 3 is 2.55 bits per heavy atom. The zero-order valence-electron chi connectivity index (χ0n) is 16.0. The molecule has 2 saturated heterocycles. The van der Waals surface area contributed by atoms with E-state index in [9.17, 15) is 18.0 Å². The average Bonchev–Trinajstić information content (AvgIpc) is 3.11. The van der Waals surface area contributed by atoms with Gasteiger partial charge in [0.05, 0.1) is 22.8 Å². The van der Waals surface area contributed by atoms with E-state index in [4.69, 9.17) is 0 Å². The molecule has 1 spiro atoms. The summed E-state index contributed by atoms with van der Waals surface area (Å²) in [5.74, 6) is 0.139. The van der Waals surface area contributed by atoms with Gasteiger partial charge in [-0.15, -0.1) is 12.4 Å². The summed E-state index contributed by atoms with van der Waals surface area (Å²) in [6, 6.07) is 8.79. The number of alkyl halides is 3. The van der Waals surface area contributed by atoms with E-state index in [1.165, 1.54) is 12.1 Å². The van der Waals surface area contributed by atoms with Gasteiger partial charge in [-0.3, -0.25) is 15.1 Å². The van der Waals surface area contributed by atoms with Gasteiger partial charge >= 0.3 is 6.18 Å². The lowest BCUT2D eigenvalue weighted by atomic mass is 9.87. The number of likely N-dealkylation sites (N-methyl/N-ethyl adjacent to an activating group) is 1. The van der Waals surface area contributed by atoms with Crippen molar-refractivity contribution in [2.75, 3.05) is 13.6 Å². The first-order valence-electron chi connectivity index (χ1n) is 9.45. The number of likely N-dealkylation sites (tertiary alicyclic amines) is 1. The number of amides is 1. The molecule has 156 valence electrons. The van der Waals surface area contributed by atoms with Crippen LogP contribution in [-0.4, -0.2) is 34.9 Å². The molecule has 1 aromatic carbocycles. The van der Waals surface area contributed by atoms with E-state index < -0.39 is 17.3 Å². The fourth-order valence-electron chi connectivity index (χ4n) is 4.32. The lowest BCUT2D eigenvalue weighted by Crippen LogP contribution is -2.57. The summed E-state index contributed by atoms with van der Waals surface area (Å²) in [5, 5.41) is 3.51. The van der Waals surface area contributed by atoms with E-state index in [0.717, 1.165) is 55.6 Å². The SMILES string of the molecule is CN1CCC[C@@]2(CC[C@H](c3cc(-c4ccc(C(F)(F)F)cc4)ccn3)N2)C1=O.Cl. The Balaban J connectivity index is 0.00000240. The van der Waals surface area contributed by atoms with Crippen LogP contribution in [0.4, 0.5) is 13.2 Å². The summed E-state index contributed by atoms with van der Waals surface area (Å²) in [6.45, 7) is 0.786. The topological polar surface area (TPSA) is 45.2 Å². The molecule has 2 atom stereocenters. The molecule has 0 bridgehead atoms. The van der Waals surface area contributed by atoms with Gasteiger partial charge in [0.15, 0.2) is 0 Å². The number of carbonyl (C=O) groups is 1. The number of pyridine rings is 1. The van der Waals surface area contributed by atoms with Crippen LogP contribution < -0.4 is 5.32 Å². The minimum atomic E-state index is -4.34. The Morgan fingerprint density at radius 1 is 1.14 bits per heavy atom. The molecule has 2 fully saturated rings. The van der Waals surface area contributed by atoms with Crippen LogP contribution in [0.15, 0.2) is 42.6 Å². The maximum absolute atomic E-state index is 12.8. The molecule has 1 aromatic heterocycles. The van der Waals surface area contributed by atoms with Crippen molar-refractivity contribution in [3.63, 3.8) is 0 Å². The molecule has 0 unspecified atom stereocenters. The summed E-state index contributed by atoms with van der Waals surface area (Å²) in [6.07, 6.45) is 0.704. The minimum Gasteiger partial charge on any atom is -0.344 e. The third kappa shape index (κ3) is 4.12. The number of hydrogen-bond donors (Lipinski definition) is 1. The van der Waals surface area contributed by atoms with E-state index >= 15 is 0 Å². The van der Waals surface area contributed by atoms with Gasteiger partial charge in [-0.2, -0.15) is 13.2 Å². The molecule has 2 aliphatic heterocycles. The van der Waals surface area contributed by atoms with Crippen LogP contribution in [-0.2, 0) is 11.0 Å². The van der Waals surface area contributed by atoms with Gasteiger partial charge in [0, 0.05) is 19.8 Å². The number of nitrogens with zero attached hydrogens (tertiary/aromatic N) is 2. The Labute approximate surface area is 173 Å². The van der Waals surface area contributed by atoms with Gasteiger partial charge in [-0.25, -0.2) is 0 Å². The van der Waals surface area contributed by atoms with E-state index in [1.54, 1.807) is 17.2 Å². The van der Waals surface area contributed by atoms with Gasteiger partial charge in [0.25, 0.3) is 0 Å². The van der Waals surface area contributed by atoms with Crippen molar-refractivity contribution < 1.29 is 18.0 Å². The van der Waals surface area contributed by atoms with Crippen LogP contribution in [0, 0.1) is 0 Å². The number of nitrogens with one attached hydrogen (secondary N) is 1. The molecule has 2 aliphatic rings. The number of hydrogen-bond acceptors (Lipinski definition) is 3. The Morgan fingerprint density at radius 2 is 1.86 bits per heavy atom. The second-order valence-electron chi connectivity index (χ2n) is 7.69. The van der Waals surface area contributed by atoms with E-state index in [2.05, 4.69) is 10.3 Å². The highest BCUT2D eigenvalue weighted by Gasteiger charge is 2.48. The molecular formula is C21H23ClF3N3O. The van der Waals surface area contributed by atoms with Crippen LogP contribution in [0.2, 0.25) is 0 Å². The van der Waals surface area contributed by atoms with Crippen LogP contribution in [0.5, 0.6) is 0 Å². The van der Waals surface area contributed by atoms with Crippen molar-refractivity contribution in [3.8, 4) is 11.1 Å². The highest BCUT2D eigenvalue weighted by molar-refractivity contribution is 5.87. The molecule has 1 N–H and O–H groups in total. The summed E-state index contributed by atoms with van der Waals surface area (Å²) in [5.41, 5.74) is 1.16. The van der Waals surface area contributed by atoms with E-state index in [0.29, 0.717) is 5.56 Å². The quantitative estimate of drug-likeness (QED) is 0.764. The Bertz CT molecular complexity index is 887. The fraction of sp³-hybridized carbons (Fsp3) is 0.429. The van der Waals surface area contributed by atoms with Gasteiger partial charge in [-0.05, 0) is 61.1 Å². The molecule has 3 heterocycles. The third-order valence-electron chi connectivity index (χ3n) is 5.85. The second kappa shape index (κ2) is 7.95. The van der Waals surface area contributed by atoms with Gasteiger partial charge < -0.3 is 4.90 Å². The number of carbonyl (C=O) groups excluding carboxylic acids is 1. The Kier molecular flexibility index (Phi) is 5.92. The number of aromatic nitrogens is 1. The lowest BCUT2D eigenvalue weighted by molar-refractivity contribution is -0.140. The largest absolute Gasteiger partial charge is 0.416 e. The predicted octanol–water partition coefficient (Wildman–Crippen LogP) is 4.60. The van der Waals surface area contributed by atoms with Crippen molar-refractivity contribution in [2.24, 2.45) is 0 Å². The second-order valence-corrected chi connectivity index (χ2v) is 7.69. The van der Waals surface area contributed by atoms with Gasteiger partial charge in [-0.1, -0.05) is 12.1 Å². The minimum absolute atomic E-state index is 0. The summed E-state index contributed by atoms with van der Waals surface area (Å²) >= 11 is 0. The van der Waals surface area contributed by atoms with Crippen molar-refractivity contribution in [3.05, 3.63) is 53.9 Å². The number of rotatable bonds is 2. The van der Waals surface area contributed by atoms with Crippen molar-refractivity contribution in [1.82, 2.24) is 15.2 Å². The molecule has 4 rings (SSSR count). The first-order valence-corrected chi connectivity index (χ1v) is 9.45. The van der Waals surface area contributed by atoms with Crippen LogP contribution in [0.1, 0.15) is 43.0 Å². The fourth-order valence-corrected chi connectivity index (χ4v) is 4.32. The van der Waals surface area contributed by atoms with Crippen molar-refractivity contribution in [2.45, 2.75) is 43.4 Å². The maximum atomic E-state index is 12.8. The normalized spacial score (nSPS) is 24.6. The van der Waals surface area contributed by atoms with Crippen molar-refractivity contribution in [1.29, 1.82) is 0 Å². The molecule has 2 aromatic rings. The highest BCUT2D eigenvalue weighted by atomic mass is 35.5. The standard InChI is InChI=1S/C21H22F3N3O.ClH/c1-27-12-2-9-20(19(27)28)10-7-17(26-20)18-13-15(8-11-25-18)14-3-5-16(6-4-14)21(22,23)24;/h3-6,8,11,13,17,26H,2,7,9-10,12H2,1H3;1H/t17-,20-;/m1./s1. The molecule has 29 heavy (non-hydrogen) atoms. The average molecular weight is 426 g/mol. The smallest absolute Gasteiger partial charge is 0.344 e. The van der Waals surface area contributed by atoms with E-state index in [-0.39, 0.29) is 24.4 Å². The molecule has 1 amide bonds. The summed E-state index contributed by atoms with van der Waals surface area (Å²) < 4.78 is 38.3. The number of piperidine rings is 1. The molecule has 0 aliphatic carbocycles. The molecule has 8 heteroatoms. The first kappa shape index (κ1) is 21.6. The monoisotopic (exact) mass is 425 g/mol. The molecule has 4 nitrogen and oxygen atoms in total. The third-order valence-corrected chi connectivity index (χ3v) is 5.85. The molecule has 0 saturated carbocycles. The van der Waals surface area contributed by atoms with Gasteiger partial charge in [0.1, 0.15) is 0 Å². The molecule has 0 radical (unpaired) electrons. The maximum Gasteiger partial charge on any atom is 0.416 e. The highest BCUT2D eigenvalue weighted by Crippen LogP contribution is 2.39. The first-order chi connectivity index (χ1) is 13.3. The number of halogens is 4. The van der Waals surface area contributed by atoms with E-state index in [1.807, 2.05) is 13.1 Å². The van der Waals surface area contributed by atoms with Crippen LogP contribution >= 0.6 is 12.4 Å².